The zero-order chi connectivity index (χ0) is 13.0. The summed E-state index contributed by atoms with van der Waals surface area (Å²) in [5.41, 5.74) is 0.413. The van der Waals surface area contributed by atoms with E-state index in [0.717, 1.165) is 6.42 Å². The van der Waals surface area contributed by atoms with Crippen molar-refractivity contribution < 1.29 is 19.1 Å². The van der Waals surface area contributed by atoms with Gasteiger partial charge in [-0.1, -0.05) is 13.5 Å². The number of ether oxygens (including phenoxy) is 2. The van der Waals surface area contributed by atoms with E-state index in [1.807, 2.05) is 0 Å². The van der Waals surface area contributed by atoms with Crippen LogP contribution in [0.1, 0.15) is 20.3 Å². The zero-order valence-electron chi connectivity index (χ0n) is 10.7. The number of hydrogen-bond donors (Lipinski definition) is 0. The molecule has 1 heterocycles. The summed E-state index contributed by atoms with van der Waals surface area (Å²) in [7, 11) is 0. The molecule has 1 aliphatic heterocycles. The molecular formula is C14H18O4. The monoisotopic (exact) mass is 250 g/mol. The zero-order valence-corrected chi connectivity index (χ0v) is 10.7. The minimum atomic E-state index is -0.345. The summed E-state index contributed by atoms with van der Waals surface area (Å²) in [6.45, 7) is 7.95. The quantitative estimate of drug-likeness (QED) is 0.551. The van der Waals surface area contributed by atoms with Crippen LogP contribution < -0.4 is 0 Å². The minimum absolute atomic E-state index is 0.0540. The summed E-state index contributed by atoms with van der Waals surface area (Å²) in [5.74, 6) is 0.875. The van der Waals surface area contributed by atoms with Crippen molar-refractivity contribution in [1.82, 2.24) is 0 Å². The highest BCUT2D eigenvalue weighted by molar-refractivity contribution is 5.87. The fourth-order valence-electron chi connectivity index (χ4n) is 4.14. The van der Waals surface area contributed by atoms with Gasteiger partial charge in [0.25, 0.3) is 0 Å². The van der Waals surface area contributed by atoms with Crippen LogP contribution in [0.4, 0.5) is 0 Å². The molecule has 2 saturated carbocycles. The van der Waals surface area contributed by atoms with Gasteiger partial charge >= 0.3 is 11.9 Å². The van der Waals surface area contributed by atoms with Crippen LogP contribution in [0.2, 0.25) is 0 Å². The molecule has 0 N–H and O–H groups in total. The lowest BCUT2D eigenvalue weighted by atomic mass is 9.80. The van der Waals surface area contributed by atoms with Crippen LogP contribution in [-0.4, -0.2) is 24.6 Å². The topological polar surface area (TPSA) is 52.6 Å². The smallest absolute Gasteiger partial charge is 0.333 e. The lowest BCUT2D eigenvalue weighted by molar-refractivity contribution is -0.153. The molecule has 3 fully saturated rings. The first-order chi connectivity index (χ1) is 8.50. The van der Waals surface area contributed by atoms with Crippen LogP contribution in [0.25, 0.3) is 0 Å². The number of carbonyl (C=O) groups excluding carboxylic acids is 2. The van der Waals surface area contributed by atoms with E-state index in [9.17, 15) is 9.59 Å². The Labute approximate surface area is 106 Å². The van der Waals surface area contributed by atoms with Crippen molar-refractivity contribution in [3.63, 3.8) is 0 Å². The molecule has 98 valence electrons. The van der Waals surface area contributed by atoms with Gasteiger partial charge in [0, 0.05) is 17.4 Å². The Bertz CT molecular complexity index is 428. The molecule has 0 aromatic heterocycles. The highest BCUT2D eigenvalue weighted by Gasteiger charge is 2.63. The molecule has 0 aromatic rings. The van der Waals surface area contributed by atoms with Gasteiger partial charge in [0.2, 0.25) is 0 Å². The van der Waals surface area contributed by atoms with E-state index in [-0.39, 0.29) is 29.9 Å². The summed E-state index contributed by atoms with van der Waals surface area (Å²) in [5, 5.41) is 0. The van der Waals surface area contributed by atoms with Crippen molar-refractivity contribution in [1.29, 1.82) is 0 Å². The van der Waals surface area contributed by atoms with Crippen LogP contribution in [0.15, 0.2) is 12.2 Å². The van der Waals surface area contributed by atoms with E-state index in [1.165, 1.54) is 0 Å². The second-order valence-electron chi connectivity index (χ2n) is 5.88. The predicted octanol–water partition coefficient (Wildman–Crippen LogP) is 1.55. The number of rotatable bonds is 2. The predicted molar refractivity (Wildman–Crippen MR) is 63.4 cm³/mol. The molecule has 0 spiro atoms. The van der Waals surface area contributed by atoms with Gasteiger partial charge in [0.1, 0.15) is 6.10 Å². The molecule has 0 radical (unpaired) electrons. The maximum Gasteiger partial charge on any atom is 0.333 e. The van der Waals surface area contributed by atoms with E-state index < -0.39 is 0 Å². The van der Waals surface area contributed by atoms with E-state index in [4.69, 9.17) is 9.47 Å². The van der Waals surface area contributed by atoms with Gasteiger partial charge in [-0.3, -0.25) is 4.79 Å². The highest BCUT2D eigenvalue weighted by atomic mass is 16.6. The number of esters is 2. The van der Waals surface area contributed by atoms with Gasteiger partial charge in [0.05, 0.1) is 12.5 Å². The summed E-state index contributed by atoms with van der Waals surface area (Å²) >= 11 is 0. The molecule has 4 heteroatoms. The normalized spacial score (nSPS) is 44.7. The molecule has 2 bridgehead atoms. The Hall–Kier alpha value is -1.32. The summed E-state index contributed by atoms with van der Waals surface area (Å²) in [6.07, 6.45) is 0.726. The first-order valence-electron chi connectivity index (χ1n) is 6.54. The molecule has 1 saturated heterocycles. The molecule has 18 heavy (non-hydrogen) atoms. The van der Waals surface area contributed by atoms with Gasteiger partial charge in [-0.2, -0.15) is 0 Å². The molecule has 0 amide bonds. The molecule has 6 unspecified atom stereocenters. The van der Waals surface area contributed by atoms with Crippen molar-refractivity contribution >= 4 is 11.9 Å². The van der Waals surface area contributed by atoms with Crippen molar-refractivity contribution in [2.75, 3.05) is 6.61 Å². The van der Waals surface area contributed by atoms with Gasteiger partial charge in [-0.25, -0.2) is 4.79 Å². The average molecular weight is 250 g/mol. The van der Waals surface area contributed by atoms with Gasteiger partial charge in [-0.05, 0) is 25.2 Å². The Kier molecular flexibility index (Phi) is 2.50. The maximum absolute atomic E-state index is 11.8. The highest BCUT2D eigenvalue weighted by Crippen LogP contribution is 2.59. The number of carbonyl (C=O) groups is 2. The van der Waals surface area contributed by atoms with E-state index in [1.54, 1.807) is 6.92 Å². The third-order valence-corrected chi connectivity index (χ3v) is 4.94. The molecule has 6 atom stereocenters. The second-order valence-corrected chi connectivity index (χ2v) is 5.88. The van der Waals surface area contributed by atoms with Crippen LogP contribution in [0.3, 0.4) is 0 Å². The number of fused-ring (bicyclic) bond motifs is 5. The fraction of sp³-hybridized carbons (Fsp3) is 0.714. The van der Waals surface area contributed by atoms with Gasteiger partial charge in [-0.15, -0.1) is 0 Å². The lowest BCUT2D eigenvalue weighted by Crippen LogP contribution is -2.35. The minimum Gasteiger partial charge on any atom is -0.465 e. The van der Waals surface area contributed by atoms with E-state index in [0.29, 0.717) is 29.9 Å². The summed E-state index contributed by atoms with van der Waals surface area (Å²) < 4.78 is 10.6. The average Bonchev–Trinajstić information content (AvgIpc) is 2.90. The van der Waals surface area contributed by atoms with Crippen molar-refractivity contribution in [2.45, 2.75) is 26.4 Å². The lowest BCUT2D eigenvalue weighted by Gasteiger charge is -2.28. The molecule has 3 rings (SSSR count). The molecule has 4 nitrogen and oxygen atoms in total. The Balaban J connectivity index is 1.79. The largest absolute Gasteiger partial charge is 0.465 e. The van der Waals surface area contributed by atoms with Crippen molar-refractivity contribution in [2.24, 2.45) is 29.6 Å². The standard InChI is InChI=1S/C14H18O4/c1-6(2)13(15)18-10-4-8-7(3)11(10)12-9(8)5-17-14(12)16/h7-12H,1,4-5H2,2-3H3. The van der Waals surface area contributed by atoms with Gasteiger partial charge in [0.15, 0.2) is 0 Å². The van der Waals surface area contributed by atoms with E-state index >= 15 is 0 Å². The fourth-order valence-corrected chi connectivity index (χ4v) is 4.14. The molecular weight excluding hydrogens is 232 g/mol. The van der Waals surface area contributed by atoms with Crippen LogP contribution in [0, 0.1) is 29.6 Å². The molecule has 0 aromatic carbocycles. The second kappa shape index (κ2) is 3.84. The number of hydrogen-bond acceptors (Lipinski definition) is 4. The van der Waals surface area contributed by atoms with Crippen molar-refractivity contribution in [3.05, 3.63) is 12.2 Å². The SMILES string of the molecule is C=C(C)C(=O)OC1CC2C(C)C1C1C(=O)OCC21. The Morgan fingerprint density at radius 2 is 2.17 bits per heavy atom. The van der Waals surface area contributed by atoms with Gasteiger partial charge < -0.3 is 9.47 Å². The molecule has 2 aliphatic carbocycles. The first-order valence-corrected chi connectivity index (χ1v) is 6.54. The summed E-state index contributed by atoms with van der Waals surface area (Å²) in [4.78, 5) is 23.4. The third kappa shape index (κ3) is 1.44. The van der Waals surface area contributed by atoms with Crippen molar-refractivity contribution in [3.8, 4) is 0 Å². The van der Waals surface area contributed by atoms with Crippen LogP contribution in [0.5, 0.6) is 0 Å². The first kappa shape index (κ1) is 11.8. The summed E-state index contributed by atoms with van der Waals surface area (Å²) in [6, 6.07) is 0. The molecule has 3 aliphatic rings. The van der Waals surface area contributed by atoms with Crippen LogP contribution in [-0.2, 0) is 19.1 Å². The maximum atomic E-state index is 11.8. The number of cyclic esters (lactones) is 1. The van der Waals surface area contributed by atoms with E-state index in [2.05, 4.69) is 13.5 Å². The Morgan fingerprint density at radius 1 is 1.44 bits per heavy atom. The van der Waals surface area contributed by atoms with Crippen LogP contribution >= 0.6 is 0 Å². The third-order valence-electron chi connectivity index (χ3n) is 4.94. The Morgan fingerprint density at radius 3 is 2.83 bits per heavy atom.